The second-order valence-corrected chi connectivity index (χ2v) is 2.80. The monoisotopic (exact) mass is 219 g/mol. The van der Waals surface area contributed by atoms with Gasteiger partial charge >= 0.3 is 6.16 Å². The molecule has 0 aliphatic carbocycles. The van der Waals surface area contributed by atoms with E-state index in [2.05, 4.69) is 9.47 Å². The van der Waals surface area contributed by atoms with Gasteiger partial charge in [-0.2, -0.15) is 0 Å². The molecule has 0 bridgehead atoms. The number of anilines is 1. The number of rotatable bonds is 1. The summed E-state index contributed by atoms with van der Waals surface area (Å²) in [6, 6.07) is 2.25. The number of nitrogens with two attached hydrogens (primary N) is 1. The molecule has 6 heteroatoms. The van der Waals surface area contributed by atoms with Gasteiger partial charge in [-0.15, -0.1) is 0 Å². The first-order valence-electron chi connectivity index (χ1n) is 3.55. The molecule has 0 atom stereocenters. The van der Waals surface area contributed by atoms with Crippen molar-refractivity contribution in [3.8, 4) is 5.75 Å². The number of nitrogen functional groups attached to an aromatic ring is 1. The maximum atomic E-state index is 13.1. The van der Waals surface area contributed by atoms with E-state index in [1.54, 1.807) is 0 Å². The van der Waals surface area contributed by atoms with Crippen molar-refractivity contribution in [2.45, 2.75) is 0 Å². The summed E-state index contributed by atoms with van der Waals surface area (Å²) in [5.41, 5.74) is 5.30. The van der Waals surface area contributed by atoms with E-state index in [4.69, 9.17) is 17.3 Å². The van der Waals surface area contributed by atoms with Crippen molar-refractivity contribution >= 4 is 23.4 Å². The fourth-order valence-electron chi connectivity index (χ4n) is 0.813. The summed E-state index contributed by atoms with van der Waals surface area (Å²) >= 11 is 5.50. The summed E-state index contributed by atoms with van der Waals surface area (Å²) < 4.78 is 21.7. The maximum absolute atomic E-state index is 13.1. The molecule has 0 saturated carbocycles. The van der Waals surface area contributed by atoms with E-state index >= 15 is 0 Å². The highest BCUT2D eigenvalue weighted by molar-refractivity contribution is 6.30. The Labute approximate surface area is 84.4 Å². The molecule has 0 aliphatic rings. The van der Waals surface area contributed by atoms with Gasteiger partial charge in [0.25, 0.3) is 0 Å². The van der Waals surface area contributed by atoms with Crippen LogP contribution >= 0.6 is 11.6 Å². The van der Waals surface area contributed by atoms with Crippen LogP contribution in [0.15, 0.2) is 12.1 Å². The van der Waals surface area contributed by atoms with Gasteiger partial charge in [-0.25, -0.2) is 9.18 Å². The third-order valence-electron chi connectivity index (χ3n) is 1.39. The van der Waals surface area contributed by atoms with Gasteiger partial charge in [0.1, 0.15) is 0 Å². The van der Waals surface area contributed by atoms with Crippen LogP contribution in [0.1, 0.15) is 0 Å². The van der Waals surface area contributed by atoms with Crippen LogP contribution < -0.4 is 10.5 Å². The average Bonchev–Trinajstić information content (AvgIpc) is 2.10. The Morgan fingerprint density at radius 3 is 2.71 bits per heavy atom. The third kappa shape index (κ3) is 2.26. The lowest BCUT2D eigenvalue weighted by atomic mass is 10.3. The number of ether oxygens (including phenoxy) is 2. The number of methoxy groups -OCH3 is 1. The first-order chi connectivity index (χ1) is 6.54. The maximum Gasteiger partial charge on any atom is 0.513 e. The molecule has 0 fully saturated rings. The highest BCUT2D eigenvalue weighted by Gasteiger charge is 2.14. The number of benzene rings is 1. The van der Waals surface area contributed by atoms with E-state index in [9.17, 15) is 9.18 Å². The molecule has 4 nitrogen and oxygen atoms in total. The topological polar surface area (TPSA) is 61.5 Å². The van der Waals surface area contributed by atoms with Crippen molar-refractivity contribution in [2.24, 2.45) is 0 Å². The van der Waals surface area contributed by atoms with E-state index in [0.29, 0.717) is 0 Å². The average molecular weight is 220 g/mol. The number of halogens is 2. The van der Waals surface area contributed by atoms with Gasteiger partial charge in [-0.05, 0) is 12.1 Å². The predicted octanol–water partition coefficient (Wildman–Crippen LogP) is 2.21. The van der Waals surface area contributed by atoms with E-state index < -0.39 is 12.0 Å². The molecule has 14 heavy (non-hydrogen) atoms. The Morgan fingerprint density at radius 1 is 1.57 bits per heavy atom. The lowest BCUT2D eigenvalue weighted by Gasteiger charge is -2.06. The van der Waals surface area contributed by atoms with E-state index in [-0.39, 0.29) is 16.5 Å². The molecule has 1 aromatic carbocycles. The molecule has 0 heterocycles. The lowest BCUT2D eigenvalue weighted by molar-refractivity contribution is 0.120. The van der Waals surface area contributed by atoms with Gasteiger partial charge in [0.2, 0.25) is 0 Å². The Bertz CT molecular complexity index is 347. The molecule has 0 aliphatic heterocycles. The molecule has 0 amide bonds. The lowest BCUT2D eigenvalue weighted by Crippen LogP contribution is -2.10. The van der Waals surface area contributed by atoms with Crippen molar-refractivity contribution in [1.82, 2.24) is 0 Å². The number of carbonyl (C=O) groups is 1. The molecule has 76 valence electrons. The van der Waals surface area contributed by atoms with Gasteiger partial charge in [0, 0.05) is 5.02 Å². The number of hydrogen-bond donors (Lipinski definition) is 1. The summed E-state index contributed by atoms with van der Waals surface area (Å²) in [4.78, 5) is 10.7. The third-order valence-corrected chi connectivity index (χ3v) is 1.61. The molecule has 1 aromatic rings. The van der Waals surface area contributed by atoms with Crippen LogP contribution in [0, 0.1) is 5.82 Å². The first-order valence-corrected chi connectivity index (χ1v) is 3.92. The van der Waals surface area contributed by atoms with Crippen molar-refractivity contribution in [3.05, 3.63) is 23.0 Å². The number of hydrogen-bond acceptors (Lipinski definition) is 4. The highest BCUT2D eigenvalue weighted by atomic mass is 35.5. The van der Waals surface area contributed by atoms with Crippen LogP contribution in [0.3, 0.4) is 0 Å². The molecular weight excluding hydrogens is 213 g/mol. The van der Waals surface area contributed by atoms with Gasteiger partial charge in [0.15, 0.2) is 11.6 Å². The zero-order chi connectivity index (χ0) is 10.7. The highest BCUT2D eigenvalue weighted by Crippen LogP contribution is 2.29. The summed E-state index contributed by atoms with van der Waals surface area (Å²) in [7, 11) is 1.10. The summed E-state index contributed by atoms with van der Waals surface area (Å²) in [6.45, 7) is 0. The van der Waals surface area contributed by atoms with Crippen LogP contribution in [-0.4, -0.2) is 13.3 Å². The summed E-state index contributed by atoms with van der Waals surface area (Å²) in [6.07, 6.45) is -1.04. The Hall–Kier alpha value is -1.49. The summed E-state index contributed by atoms with van der Waals surface area (Å²) in [5, 5.41) is 0.122. The van der Waals surface area contributed by atoms with Crippen LogP contribution in [0.25, 0.3) is 0 Å². The Balaban J connectivity index is 3.02. The minimum absolute atomic E-state index is 0.0691. The van der Waals surface area contributed by atoms with Crippen molar-refractivity contribution in [3.63, 3.8) is 0 Å². The largest absolute Gasteiger partial charge is 0.513 e. The molecule has 0 saturated heterocycles. The van der Waals surface area contributed by atoms with Gasteiger partial charge in [-0.1, -0.05) is 11.6 Å². The van der Waals surface area contributed by atoms with Crippen LogP contribution in [0.5, 0.6) is 5.75 Å². The molecule has 0 spiro atoms. The van der Waals surface area contributed by atoms with Crippen LogP contribution in [0.2, 0.25) is 5.02 Å². The van der Waals surface area contributed by atoms with Crippen LogP contribution in [-0.2, 0) is 4.74 Å². The standard InChI is InChI=1S/C8H7ClFNO3/c1-13-8(12)14-7-5(10)2-4(9)3-6(7)11/h2-3H,11H2,1H3. The van der Waals surface area contributed by atoms with E-state index in [0.717, 1.165) is 13.2 Å². The quantitative estimate of drug-likeness (QED) is 0.447. The van der Waals surface area contributed by atoms with Gasteiger partial charge in [0.05, 0.1) is 12.8 Å². The van der Waals surface area contributed by atoms with Gasteiger partial charge in [-0.3, -0.25) is 0 Å². The second kappa shape index (κ2) is 4.15. The normalized spacial score (nSPS) is 9.64. The fourth-order valence-corrected chi connectivity index (χ4v) is 1.03. The number of carbonyl (C=O) groups excluding carboxylic acids is 1. The second-order valence-electron chi connectivity index (χ2n) is 2.36. The predicted molar refractivity (Wildman–Crippen MR) is 48.9 cm³/mol. The Morgan fingerprint density at radius 2 is 2.21 bits per heavy atom. The van der Waals surface area contributed by atoms with E-state index in [1.807, 2.05) is 0 Å². The smallest absolute Gasteiger partial charge is 0.437 e. The van der Waals surface area contributed by atoms with Gasteiger partial charge < -0.3 is 15.2 Å². The van der Waals surface area contributed by atoms with Crippen LogP contribution in [0.4, 0.5) is 14.9 Å². The molecule has 1 rings (SSSR count). The zero-order valence-corrected chi connectivity index (χ0v) is 7.97. The van der Waals surface area contributed by atoms with Crippen molar-refractivity contribution < 1.29 is 18.7 Å². The summed E-state index contributed by atoms with van der Waals surface area (Å²) in [5.74, 6) is -1.21. The van der Waals surface area contributed by atoms with Crippen molar-refractivity contribution in [1.29, 1.82) is 0 Å². The first kappa shape index (κ1) is 10.6. The molecular formula is C8H7ClFNO3. The van der Waals surface area contributed by atoms with Crippen molar-refractivity contribution in [2.75, 3.05) is 12.8 Å². The minimum Gasteiger partial charge on any atom is -0.437 e. The molecule has 0 unspecified atom stereocenters. The zero-order valence-electron chi connectivity index (χ0n) is 7.21. The minimum atomic E-state index is -1.04. The molecule has 0 aromatic heterocycles. The Kier molecular flexibility index (Phi) is 3.14. The SMILES string of the molecule is COC(=O)Oc1c(N)cc(Cl)cc1F. The molecule has 0 radical (unpaired) electrons. The molecule has 2 N–H and O–H groups in total. The fraction of sp³-hybridized carbons (Fsp3) is 0.125. The van der Waals surface area contributed by atoms with E-state index in [1.165, 1.54) is 6.07 Å².